The molecule has 0 aliphatic carbocycles. The molecule has 0 saturated heterocycles. The van der Waals surface area contributed by atoms with E-state index in [1.807, 2.05) is 31.2 Å². The maximum atomic E-state index is 11.4. The number of esters is 1. The number of rotatable bonds is 6. The Bertz CT molecular complexity index is 373. The quantitative estimate of drug-likeness (QED) is 0.784. The highest BCUT2D eigenvalue weighted by Gasteiger charge is 2.15. The minimum absolute atomic E-state index is 0.134. The normalized spacial score (nSPS) is 13.8. The third-order valence-corrected chi connectivity index (χ3v) is 2.41. The number of benzene rings is 1. The van der Waals surface area contributed by atoms with Crippen molar-refractivity contribution in [2.24, 2.45) is 5.73 Å². The third kappa shape index (κ3) is 4.75. The van der Waals surface area contributed by atoms with Gasteiger partial charge in [0.25, 0.3) is 0 Å². The standard InChI is InChI=1S/C14H21NO3/c1-4-17-14(16)11(3)18-13-7-5-12(6-8-13)9-10(2)15/h5-8,10-11H,4,9,15H2,1-3H3. The van der Waals surface area contributed by atoms with Gasteiger partial charge in [0.1, 0.15) is 5.75 Å². The molecule has 1 aromatic carbocycles. The minimum Gasteiger partial charge on any atom is -0.479 e. The molecule has 0 radical (unpaired) electrons. The van der Waals surface area contributed by atoms with Crippen LogP contribution in [-0.4, -0.2) is 24.7 Å². The van der Waals surface area contributed by atoms with Gasteiger partial charge in [-0.1, -0.05) is 12.1 Å². The van der Waals surface area contributed by atoms with Gasteiger partial charge in [0, 0.05) is 6.04 Å². The van der Waals surface area contributed by atoms with Crippen molar-refractivity contribution in [3.8, 4) is 5.75 Å². The second-order valence-electron chi connectivity index (χ2n) is 4.34. The Morgan fingerprint density at radius 1 is 1.28 bits per heavy atom. The number of nitrogens with two attached hydrogens (primary N) is 1. The van der Waals surface area contributed by atoms with Crippen molar-refractivity contribution in [1.29, 1.82) is 0 Å². The molecule has 0 bridgehead atoms. The number of carbonyl (C=O) groups excluding carboxylic acids is 1. The molecule has 4 nitrogen and oxygen atoms in total. The van der Waals surface area contributed by atoms with Crippen molar-refractivity contribution in [3.63, 3.8) is 0 Å². The number of ether oxygens (including phenoxy) is 2. The summed E-state index contributed by atoms with van der Waals surface area (Å²) in [5.74, 6) is 0.307. The second-order valence-corrected chi connectivity index (χ2v) is 4.34. The predicted octanol–water partition coefficient (Wildman–Crippen LogP) is 1.91. The Hall–Kier alpha value is -1.55. The van der Waals surface area contributed by atoms with Crippen LogP contribution in [-0.2, 0) is 16.0 Å². The first kappa shape index (κ1) is 14.5. The maximum Gasteiger partial charge on any atom is 0.347 e. The van der Waals surface area contributed by atoms with Crippen LogP contribution in [0, 0.1) is 0 Å². The van der Waals surface area contributed by atoms with Crippen LogP contribution in [0.15, 0.2) is 24.3 Å². The Labute approximate surface area is 108 Å². The number of carbonyl (C=O) groups is 1. The van der Waals surface area contributed by atoms with Crippen molar-refractivity contribution in [3.05, 3.63) is 29.8 Å². The summed E-state index contributed by atoms with van der Waals surface area (Å²) in [5, 5.41) is 0. The highest BCUT2D eigenvalue weighted by Crippen LogP contribution is 2.15. The van der Waals surface area contributed by atoms with E-state index >= 15 is 0 Å². The van der Waals surface area contributed by atoms with Crippen LogP contribution in [0.1, 0.15) is 26.3 Å². The summed E-state index contributed by atoms with van der Waals surface area (Å²) < 4.78 is 10.4. The molecule has 4 heteroatoms. The van der Waals surface area contributed by atoms with E-state index in [1.54, 1.807) is 13.8 Å². The van der Waals surface area contributed by atoms with Gasteiger partial charge in [-0.2, -0.15) is 0 Å². The fourth-order valence-electron chi connectivity index (χ4n) is 1.59. The molecule has 0 fully saturated rings. The summed E-state index contributed by atoms with van der Waals surface area (Å²) in [7, 11) is 0. The molecule has 0 aliphatic heterocycles. The average Bonchev–Trinajstić information content (AvgIpc) is 2.31. The average molecular weight is 251 g/mol. The van der Waals surface area contributed by atoms with Gasteiger partial charge in [-0.3, -0.25) is 0 Å². The summed E-state index contributed by atoms with van der Waals surface area (Å²) >= 11 is 0. The van der Waals surface area contributed by atoms with Crippen LogP contribution < -0.4 is 10.5 Å². The Balaban J connectivity index is 2.55. The molecule has 0 saturated carbocycles. The predicted molar refractivity (Wildman–Crippen MR) is 70.5 cm³/mol. The van der Waals surface area contributed by atoms with E-state index in [4.69, 9.17) is 15.2 Å². The van der Waals surface area contributed by atoms with Crippen molar-refractivity contribution in [2.45, 2.75) is 39.3 Å². The summed E-state index contributed by atoms with van der Waals surface area (Å²) in [6.45, 7) is 5.77. The Morgan fingerprint density at radius 3 is 2.39 bits per heavy atom. The molecule has 0 heterocycles. The molecule has 1 rings (SSSR count). The zero-order valence-electron chi connectivity index (χ0n) is 11.2. The molecule has 2 N–H and O–H groups in total. The van der Waals surface area contributed by atoms with Gasteiger partial charge in [0.15, 0.2) is 6.10 Å². The highest BCUT2D eigenvalue weighted by molar-refractivity contribution is 5.74. The van der Waals surface area contributed by atoms with Crippen molar-refractivity contribution in [1.82, 2.24) is 0 Å². The molecule has 18 heavy (non-hydrogen) atoms. The van der Waals surface area contributed by atoms with Crippen LogP contribution in [0.25, 0.3) is 0 Å². The van der Waals surface area contributed by atoms with Crippen molar-refractivity contribution in [2.75, 3.05) is 6.61 Å². The smallest absolute Gasteiger partial charge is 0.347 e. The summed E-state index contributed by atoms with van der Waals surface area (Å²) in [6.07, 6.45) is 0.234. The monoisotopic (exact) mass is 251 g/mol. The van der Waals surface area contributed by atoms with Crippen LogP contribution >= 0.6 is 0 Å². The van der Waals surface area contributed by atoms with Crippen LogP contribution in [0.4, 0.5) is 0 Å². The minimum atomic E-state index is -0.593. The molecule has 0 aliphatic rings. The van der Waals surface area contributed by atoms with Crippen LogP contribution in [0.3, 0.4) is 0 Å². The largest absolute Gasteiger partial charge is 0.479 e. The molecule has 0 spiro atoms. The lowest BCUT2D eigenvalue weighted by molar-refractivity contribution is -0.150. The van der Waals surface area contributed by atoms with Gasteiger partial charge in [-0.15, -0.1) is 0 Å². The molecule has 1 aromatic rings. The molecular formula is C14H21NO3. The van der Waals surface area contributed by atoms with Gasteiger partial charge in [-0.05, 0) is 44.9 Å². The van der Waals surface area contributed by atoms with E-state index in [0.717, 1.165) is 12.0 Å². The van der Waals surface area contributed by atoms with Crippen molar-refractivity contribution < 1.29 is 14.3 Å². The topological polar surface area (TPSA) is 61.5 Å². The lowest BCUT2D eigenvalue weighted by Gasteiger charge is -2.13. The zero-order chi connectivity index (χ0) is 13.5. The van der Waals surface area contributed by atoms with Crippen molar-refractivity contribution >= 4 is 5.97 Å². The first-order chi connectivity index (χ1) is 8.52. The summed E-state index contributed by atoms with van der Waals surface area (Å²) in [4.78, 5) is 11.4. The van der Waals surface area contributed by atoms with E-state index in [0.29, 0.717) is 12.4 Å². The SMILES string of the molecule is CCOC(=O)C(C)Oc1ccc(CC(C)N)cc1. The maximum absolute atomic E-state index is 11.4. The Morgan fingerprint density at radius 2 is 1.89 bits per heavy atom. The number of hydrogen-bond donors (Lipinski definition) is 1. The van der Waals surface area contributed by atoms with Gasteiger partial charge in [0.05, 0.1) is 6.61 Å². The third-order valence-electron chi connectivity index (χ3n) is 2.41. The molecule has 2 atom stereocenters. The summed E-state index contributed by atoms with van der Waals surface area (Å²) in [5.41, 5.74) is 6.88. The lowest BCUT2D eigenvalue weighted by Crippen LogP contribution is -2.26. The molecular weight excluding hydrogens is 230 g/mol. The van der Waals surface area contributed by atoms with Crippen LogP contribution in [0.5, 0.6) is 5.75 Å². The van der Waals surface area contributed by atoms with E-state index in [-0.39, 0.29) is 12.0 Å². The second kappa shape index (κ2) is 7.01. The van der Waals surface area contributed by atoms with E-state index in [2.05, 4.69) is 0 Å². The van der Waals surface area contributed by atoms with Gasteiger partial charge >= 0.3 is 5.97 Å². The number of hydrogen-bond acceptors (Lipinski definition) is 4. The molecule has 2 unspecified atom stereocenters. The molecule has 100 valence electrons. The van der Waals surface area contributed by atoms with E-state index in [1.165, 1.54) is 0 Å². The van der Waals surface area contributed by atoms with E-state index < -0.39 is 6.10 Å². The first-order valence-corrected chi connectivity index (χ1v) is 6.20. The first-order valence-electron chi connectivity index (χ1n) is 6.20. The molecule has 0 aromatic heterocycles. The fourth-order valence-corrected chi connectivity index (χ4v) is 1.59. The zero-order valence-corrected chi connectivity index (χ0v) is 11.2. The van der Waals surface area contributed by atoms with Gasteiger partial charge in [0.2, 0.25) is 0 Å². The lowest BCUT2D eigenvalue weighted by atomic mass is 10.1. The fraction of sp³-hybridized carbons (Fsp3) is 0.500. The molecule has 0 amide bonds. The van der Waals surface area contributed by atoms with Gasteiger partial charge in [-0.25, -0.2) is 4.79 Å². The van der Waals surface area contributed by atoms with E-state index in [9.17, 15) is 4.79 Å². The highest BCUT2D eigenvalue weighted by atomic mass is 16.6. The Kier molecular flexibility index (Phi) is 5.65. The summed E-state index contributed by atoms with van der Waals surface area (Å²) in [6, 6.07) is 7.73. The van der Waals surface area contributed by atoms with Gasteiger partial charge < -0.3 is 15.2 Å². The van der Waals surface area contributed by atoms with Crippen LogP contribution in [0.2, 0.25) is 0 Å².